The van der Waals surface area contributed by atoms with Crippen molar-refractivity contribution in [2.75, 3.05) is 29.9 Å². The second-order valence-electron chi connectivity index (χ2n) is 11.9. The van der Waals surface area contributed by atoms with Gasteiger partial charge >= 0.3 is 0 Å². The number of nitrogens with one attached hydrogen (secondary N) is 2. The summed E-state index contributed by atoms with van der Waals surface area (Å²) >= 11 is 0. The number of nitro benzene ring substituents is 1. The van der Waals surface area contributed by atoms with Crippen molar-refractivity contribution in [3.05, 3.63) is 112 Å². The maximum atomic E-state index is 14.0. The molecule has 2 heterocycles. The third-order valence-corrected chi connectivity index (χ3v) is 8.69. The van der Waals surface area contributed by atoms with E-state index < -0.39 is 22.3 Å². The van der Waals surface area contributed by atoms with Crippen LogP contribution in [-0.2, 0) is 33.1 Å². The van der Waals surface area contributed by atoms with Crippen LogP contribution < -0.4 is 15.5 Å². The van der Waals surface area contributed by atoms with E-state index >= 15 is 0 Å². The van der Waals surface area contributed by atoms with Gasteiger partial charge in [0.1, 0.15) is 0 Å². The fourth-order valence-electron chi connectivity index (χ4n) is 6.13. The van der Waals surface area contributed by atoms with Crippen LogP contribution in [0.15, 0.2) is 84.9 Å². The van der Waals surface area contributed by atoms with E-state index in [9.17, 15) is 34.7 Å². The van der Waals surface area contributed by atoms with Crippen LogP contribution in [0.5, 0.6) is 0 Å². The first-order chi connectivity index (χ1) is 22.6. The number of rotatable bonds is 13. The zero-order chi connectivity index (χ0) is 33.6. The highest BCUT2D eigenvalue weighted by Crippen LogP contribution is 2.47. The molecule has 12 heteroatoms. The van der Waals surface area contributed by atoms with Gasteiger partial charge in [-0.1, -0.05) is 61.5 Å². The molecule has 3 aromatic rings. The lowest BCUT2D eigenvalue weighted by Gasteiger charge is -2.28. The first-order valence-corrected chi connectivity index (χ1v) is 15.7. The van der Waals surface area contributed by atoms with Crippen molar-refractivity contribution in [3.63, 3.8) is 0 Å². The van der Waals surface area contributed by atoms with Crippen molar-refractivity contribution in [1.82, 2.24) is 10.2 Å². The lowest BCUT2D eigenvalue weighted by molar-refractivity contribution is -0.385. The van der Waals surface area contributed by atoms with Crippen molar-refractivity contribution in [2.24, 2.45) is 5.92 Å². The van der Waals surface area contributed by atoms with Gasteiger partial charge in [0.05, 0.1) is 29.8 Å². The number of nitrogens with zero attached hydrogens (tertiary/aromatic N) is 3. The molecule has 0 saturated carbocycles. The van der Waals surface area contributed by atoms with E-state index in [2.05, 4.69) is 10.6 Å². The number of hydrogen-bond acceptors (Lipinski definition) is 8. The maximum absolute atomic E-state index is 14.0. The number of carbonyl (C=O) groups is 3. The Morgan fingerprint density at radius 2 is 1.91 bits per heavy atom. The smallest absolute Gasteiger partial charge is 0.269 e. The van der Waals surface area contributed by atoms with E-state index in [1.807, 2.05) is 30.3 Å². The fourth-order valence-corrected chi connectivity index (χ4v) is 6.13. The van der Waals surface area contributed by atoms with Crippen LogP contribution in [0.1, 0.15) is 42.9 Å². The van der Waals surface area contributed by atoms with Gasteiger partial charge in [-0.25, -0.2) is 0 Å². The Morgan fingerprint density at radius 1 is 1.15 bits per heavy atom. The summed E-state index contributed by atoms with van der Waals surface area (Å²) in [6.07, 6.45) is 4.77. The quantitative estimate of drug-likeness (QED) is 0.125. The topological polar surface area (TPSA) is 165 Å². The highest BCUT2D eigenvalue weighted by Gasteiger charge is 2.53. The molecule has 4 N–H and O–H groups in total. The SMILES string of the molecule is C[C@H](/C=C/CC(=O)N(CCO)Cc1ccccc1)[C@@]1(O)C(=O)N(Cc2cccc(NC(=O)[C@H]3CCCN3)c2)c2ccc([N+](=O)[O-])cc21. The number of non-ortho nitro benzene ring substituents is 1. The van der Waals surface area contributed by atoms with Gasteiger partial charge in [-0.2, -0.15) is 0 Å². The minimum absolute atomic E-state index is 0.0398. The predicted molar refractivity (Wildman–Crippen MR) is 176 cm³/mol. The zero-order valence-corrected chi connectivity index (χ0v) is 26.2. The van der Waals surface area contributed by atoms with E-state index in [0.29, 0.717) is 23.5 Å². The van der Waals surface area contributed by atoms with Crippen LogP contribution in [0.3, 0.4) is 0 Å². The number of amides is 3. The Balaban J connectivity index is 1.35. The molecule has 0 aromatic heterocycles. The molecular weight excluding hydrogens is 602 g/mol. The van der Waals surface area contributed by atoms with Crippen molar-refractivity contribution < 1.29 is 29.5 Å². The number of anilines is 2. The summed E-state index contributed by atoms with van der Waals surface area (Å²) in [5, 5.41) is 39.3. The summed E-state index contributed by atoms with van der Waals surface area (Å²) in [5.41, 5.74) is 0.179. The number of hydrogen-bond donors (Lipinski definition) is 4. The average molecular weight is 642 g/mol. The van der Waals surface area contributed by atoms with Crippen LogP contribution in [0.2, 0.25) is 0 Å². The highest BCUT2D eigenvalue weighted by molar-refractivity contribution is 6.07. The molecule has 2 aliphatic rings. The molecule has 3 aromatic carbocycles. The summed E-state index contributed by atoms with van der Waals surface area (Å²) in [6.45, 7) is 2.71. The molecule has 47 heavy (non-hydrogen) atoms. The Kier molecular flexibility index (Phi) is 10.4. The molecule has 0 spiro atoms. The molecule has 246 valence electrons. The first-order valence-electron chi connectivity index (χ1n) is 15.7. The Labute approximate surface area is 272 Å². The van der Waals surface area contributed by atoms with Crippen LogP contribution in [0.25, 0.3) is 0 Å². The van der Waals surface area contributed by atoms with Gasteiger partial charge in [0, 0.05) is 48.8 Å². The monoisotopic (exact) mass is 641 g/mol. The lowest BCUT2D eigenvalue weighted by atomic mass is 9.82. The molecule has 0 radical (unpaired) electrons. The molecule has 0 aliphatic carbocycles. The number of benzene rings is 3. The van der Waals surface area contributed by atoms with Crippen molar-refractivity contribution in [1.29, 1.82) is 0 Å². The van der Waals surface area contributed by atoms with Gasteiger partial charge < -0.3 is 30.6 Å². The van der Waals surface area contributed by atoms with E-state index in [-0.39, 0.29) is 55.2 Å². The molecule has 0 unspecified atom stereocenters. The summed E-state index contributed by atoms with van der Waals surface area (Å²) in [6, 6.07) is 20.2. The summed E-state index contributed by atoms with van der Waals surface area (Å²) in [7, 11) is 0. The first kappa shape index (κ1) is 33.5. The van der Waals surface area contributed by atoms with Crippen LogP contribution in [0, 0.1) is 16.0 Å². The standard InChI is InChI=1S/C35H39N5O7/c1-24(8-5-14-32(42)38(18-19-41)22-25-9-3-2-4-10-25)35(45)29-21-28(40(46)47)15-16-31(29)39(34(35)44)23-26-11-6-12-27(20-26)37-33(43)30-13-7-17-36-30/h2-6,8-12,15-16,20-21,24,30,36,41,45H,7,13-14,17-19,22-23H2,1H3,(H,37,43)/b8-5+/t24-,30-,35+/m1/s1. The minimum atomic E-state index is -2.14. The molecule has 2 aliphatic heterocycles. The second kappa shape index (κ2) is 14.7. The normalized spacial score (nSPS) is 19.5. The number of nitro groups is 1. The Hall–Kier alpha value is -4.91. The molecule has 1 fully saturated rings. The fraction of sp³-hybridized carbons (Fsp3) is 0.343. The van der Waals surface area contributed by atoms with E-state index in [4.69, 9.17) is 0 Å². The largest absolute Gasteiger partial charge is 0.395 e. The lowest BCUT2D eigenvalue weighted by Crippen LogP contribution is -2.44. The third-order valence-electron chi connectivity index (χ3n) is 8.69. The van der Waals surface area contributed by atoms with Crippen LogP contribution >= 0.6 is 0 Å². The minimum Gasteiger partial charge on any atom is -0.395 e. The molecule has 3 amide bonds. The van der Waals surface area contributed by atoms with Gasteiger partial charge in [-0.15, -0.1) is 0 Å². The Bertz CT molecular complexity index is 1660. The Morgan fingerprint density at radius 3 is 2.62 bits per heavy atom. The molecule has 1 saturated heterocycles. The number of aliphatic hydroxyl groups is 2. The molecular formula is C35H39N5O7. The number of carbonyl (C=O) groups excluding carboxylic acids is 3. The van der Waals surface area contributed by atoms with Crippen molar-refractivity contribution >= 4 is 34.8 Å². The van der Waals surface area contributed by atoms with E-state index in [1.54, 1.807) is 43.3 Å². The van der Waals surface area contributed by atoms with Gasteiger partial charge in [0.2, 0.25) is 11.8 Å². The predicted octanol–water partition coefficient (Wildman–Crippen LogP) is 3.62. The van der Waals surface area contributed by atoms with Gasteiger partial charge in [-0.05, 0) is 48.7 Å². The molecule has 3 atom stereocenters. The summed E-state index contributed by atoms with van der Waals surface area (Å²) < 4.78 is 0. The third kappa shape index (κ3) is 7.40. The van der Waals surface area contributed by atoms with Gasteiger partial charge in [-0.3, -0.25) is 24.5 Å². The maximum Gasteiger partial charge on any atom is 0.269 e. The van der Waals surface area contributed by atoms with Gasteiger partial charge in [0.15, 0.2) is 5.60 Å². The molecule has 5 rings (SSSR count). The average Bonchev–Trinajstić information content (AvgIpc) is 3.68. The van der Waals surface area contributed by atoms with E-state index in [1.165, 1.54) is 28.0 Å². The molecule has 0 bridgehead atoms. The van der Waals surface area contributed by atoms with Gasteiger partial charge in [0.25, 0.3) is 11.6 Å². The highest BCUT2D eigenvalue weighted by atomic mass is 16.6. The van der Waals surface area contributed by atoms with Crippen LogP contribution in [0.4, 0.5) is 17.1 Å². The zero-order valence-electron chi connectivity index (χ0n) is 26.2. The van der Waals surface area contributed by atoms with E-state index in [0.717, 1.165) is 24.9 Å². The second-order valence-corrected chi connectivity index (χ2v) is 11.9. The molecule has 12 nitrogen and oxygen atoms in total. The summed E-state index contributed by atoms with van der Waals surface area (Å²) in [4.78, 5) is 53.7. The number of fused-ring (bicyclic) bond motifs is 1. The van der Waals surface area contributed by atoms with Crippen molar-refractivity contribution in [2.45, 2.75) is 50.9 Å². The van der Waals surface area contributed by atoms with Crippen LogP contribution in [-0.4, -0.2) is 63.5 Å². The summed E-state index contributed by atoms with van der Waals surface area (Å²) in [5.74, 6) is -1.91. The van der Waals surface area contributed by atoms with Crippen molar-refractivity contribution in [3.8, 4) is 0 Å². The number of aliphatic hydroxyl groups excluding tert-OH is 1.